The van der Waals surface area contributed by atoms with Crippen molar-refractivity contribution in [1.29, 1.82) is 0 Å². The summed E-state index contributed by atoms with van der Waals surface area (Å²) in [5.74, 6) is 1.75. The van der Waals surface area contributed by atoms with Gasteiger partial charge in [0.2, 0.25) is 0 Å². The molecule has 1 atom stereocenters. The number of fused-ring (bicyclic) bond motifs is 1. The van der Waals surface area contributed by atoms with Crippen LogP contribution in [0.5, 0.6) is 0 Å². The summed E-state index contributed by atoms with van der Waals surface area (Å²) in [6, 6.07) is 11.3. The molecule has 3 aromatic rings. The number of rotatable bonds is 3. The number of amides is 1. The smallest absolute Gasteiger partial charge is 0.251 e. The number of aryl methyl sites for hydroxylation is 1. The molecule has 2 N–H and O–H groups in total. The van der Waals surface area contributed by atoms with Gasteiger partial charge in [0.25, 0.3) is 5.91 Å². The number of hydrogen-bond donors (Lipinski definition) is 2. The van der Waals surface area contributed by atoms with Crippen molar-refractivity contribution in [2.45, 2.75) is 5.25 Å². The van der Waals surface area contributed by atoms with Gasteiger partial charge in [0, 0.05) is 48.7 Å². The van der Waals surface area contributed by atoms with Crippen molar-refractivity contribution in [1.82, 2.24) is 20.1 Å². The number of hydrogen-bond acceptors (Lipinski definition) is 5. The number of aromatic nitrogens is 3. The maximum absolute atomic E-state index is 11.9. The van der Waals surface area contributed by atoms with Crippen molar-refractivity contribution in [2.75, 3.05) is 24.7 Å². The van der Waals surface area contributed by atoms with Gasteiger partial charge in [0.1, 0.15) is 11.5 Å². The molecule has 0 radical (unpaired) electrons. The first kappa shape index (κ1) is 18.8. The Morgan fingerprint density at radius 3 is 2.93 bits per heavy atom. The summed E-state index contributed by atoms with van der Waals surface area (Å²) in [6.45, 7) is 0.837. The highest BCUT2D eigenvalue weighted by Gasteiger charge is 2.30. The molecule has 0 bridgehead atoms. The Labute approximate surface area is 172 Å². The van der Waals surface area contributed by atoms with Crippen LogP contribution < -0.4 is 10.6 Å². The lowest BCUT2D eigenvalue weighted by molar-refractivity contribution is 0.0963. The van der Waals surface area contributed by atoms with Gasteiger partial charge >= 0.3 is 0 Å². The summed E-state index contributed by atoms with van der Waals surface area (Å²) in [5.41, 5.74) is 4.25. The van der Waals surface area contributed by atoms with Crippen LogP contribution in [0, 0.1) is 0 Å². The first-order chi connectivity index (χ1) is 13.6. The van der Waals surface area contributed by atoms with Gasteiger partial charge in [-0.25, -0.2) is 0 Å². The van der Waals surface area contributed by atoms with Gasteiger partial charge in [0.05, 0.1) is 10.9 Å². The Morgan fingerprint density at radius 1 is 1.36 bits per heavy atom. The number of nitrogens with zero attached hydrogens (tertiary/aromatic N) is 3. The van der Waals surface area contributed by atoms with E-state index in [1.165, 1.54) is 0 Å². The van der Waals surface area contributed by atoms with E-state index in [0.717, 1.165) is 40.6 Å². The lowest BCUT2D eigenvalue weighted by Crippen LogP contribution is -2.17. The van der Waals surface area contributed by atoms with E-state index in [2.05, 4.69) is 15.6 Å². The fourth-order valence-corrected chi connectivity index (χ4v) is 4.98. The second-order valence-electron chi connectivity index (χ2n) is 6.44. The second kappa shape index (κ2) is 7.85. The van der Waals surface area contributed by atoms with Gasteiger partial charge in [-0.15, -0.1) is 11.8 Å². The number of thioether (sulfide) groups is 1. The molecule has 1 aromatic carbocycles. The van der Waals surface area contributed by atoms with Crippen LogP contribution in [0.4, 0.5) is 5.82 Å². The molecule has 0 saturated carbocycles. The van der Waals surface area contributed by atoms with Crippen LogP contribution in [0.2, 0.25) is 5.02 Å². The van der Waals surface area contributed by atoms with E-state index in [4.69, 9.17) is 16.7 Å². The van der Waals surface area contributed by atoms with Crippen molar-refractivity contribution in [3.8, 4) is 11.4 Å². The average Bonchev–Trinajstić information content (AvgIpc) is 2.89. The molecule has 144 valence electrons. The highest BCUT2D eigenvalue weighted by molar-refractivity contribution is 7.99. The molecule has 6 nitrogen and oxygen atoms in total. The van der Waals surface area contributed by atoms with Crippen LogP contribution >= 0.6 is 23.4 Å². The minimum atomic E-state index is -0.153. The van der Waals surface area contributed by atoms with E-state index in [-0.39, 0.29) is 11.2 Å². The van der Waals surface area contributed by atoms with Crippen LogP contribution in [0.25, 0.3) is 11.4 Å². The molecule has 1 aliphatic rings. The van der Waals surface area contributed by atoms with Crippen LogP contribution in [0.1, 0.15) is 26.7 Å². The summed E-state index contributed by atoms with van der Waals surface area (Å²) < 4.78 is 1.87. The molecular weight excluding hydrogens is 394 g/mol. The third kappa shape index (κ3) is 3.36. The molecular formula is C20H20ClN5OS. The second-order valence-corrected chi connectivity index (χ2v) is 8.06. The zero-order valence-electron chi connectivity index (χ0n) is 15.6. The number of nitrogens with one attached hydrogen (secondary N) is 2. The van der Waals surface area contributed by atoms with Crippen molar-refractivity contribution in [2.24, 2.45) is 7.05 Å². The summed E-state index contributed by atoms with van der Waals surface area (Å²) in [7, 11) is 3.54. The van der Waals surface area contributed by atoms with Gasteiger partial charge in [-0.05, 0) is 29.8 Å². The topological polar surface area (TPSA) is 71.8 Å². The van der Waals surface area contributed by atoms with E-state index < -0.39 is 0 Å². The summed E-state index contributed by atoms with van der Waals surface area (Å²) in [6.07, 6.45) is 1.77. The number of halogens is 1. The molecule has 28 heavy (non-hydrogen) atoms. The van der Waals surface area contributed by atoms with Gasteiger partial charge in [-0.3, -0.25) is 14.5 Å². The molecule has 1 amide bonds. The Balaban J connectivity index is 1.86. The van der Waals surface area contributed by atoms with Crippen LogP contribution in [-0.2, 0) is 7.05 Å². The van der Waals surface area contributed by atoms with Crippen molar-refractivity contribution < 1.29 is 4.79 Å². The van der Waals surface area contributed by atoms with Gasteiger partial charge < -0.3 is 10.6 Å². The fourth-order valence-electron chi connectivity index (χ4n) is 3.39. The number of carbonyl (C=O) groups excluding carboxylic acids is 1. The third-order valence-electron chi connectivity index (χ3n) is 4.70. The number of pyridine rings is 1. The summed E-state index contributed by atoms with van der Waals surface area (Å²) >= 11 is 8.44. The first-order valence-electron chi connectivity index (χ1n) is 8.95. The SMILES string of the molecule is CNC(=O)c1ccc(C2SCCNc3c2c(-c2ccccn2)nn3C)c(Cl)c1. The highest BCUT2D eigenvalue weighted by atomic mass is 35.5. The quantitative estimate of drug-likeness (QED) is 0.684. The normalized spacial score (nSPS) is 16.0. The van der Waals surface area contributed by atoms with E-state index in [1.54, 1.807) is 19.3 Å². The Morgan fingerprint density at radius 2 is 2.21 bits per heavy atom. The van der Waals surface area contributed by atoms with Gasteiger partial charge in [-0.2, -0.15) is 5.10 Å². The molecule has 0 fully saturated rings. The number of anilines is 1. The Kier molecular flexibility index (Phi) is 5.28. The monoisotopic (exact) mass is 413 g/mol. The zero-order chi connectivity index (χ0) is 19.7. The van der Waals surface area contributed by atoms with Crippen molar-refractivity contribution in [3.05, 3.63) is 64.3 Å². The molecule has 1 aliphatic heterocycles. The molecule has 1 unspecified atom stereocenters. The minimum Gasteiger partial charge on any atom is -0.369 e. The van der Waals surface area contributed by atoms with Crippen LogP contribution in [-0.4, -0.2) is 40.0 Å². The van der Waals surface area contributed by atoms with E-state index in [1.807, 2.05) is 53.8 Å². The molecule has 0 spiro atoms. The Bertz CT molecular complexity index is 1020. The van der Waals surface area contributed by atoms with Crippen molar-refractivity contribution in [3.63, 3.8) is 0 Å². The van der Waals surface area contributed by atoms with Crippen LogP contribution in [0.3, 0.4) is 0 Å². The molecule has 4 rings (SSSR count). The first-order valence-corrected chi connectivity index (χ1v) is 10.4. The molecule has 8 heteroatoms. The number of benzene rings is 1. The molecule has 0 saturated heterocycles. The maximum atomic E-state index is 11.9. The maximum Gasteiger partial charge on any atom is 0.251 e. The number of carbonyl (C=O) groups is 1. The summed E-state index contributed by atoms with van der Waals surface area (Å²) in [5, 5.41) is 11.4. The fraction of sp³-hybridized carbons (Fsp3) is 0.250. The summed E-state index contributed by atoms with van der Waals surface area (Å²) in [4.78, 5) is 16.4. The molecule has 2 aromatic heterocycles. The van der Waals surface area contributed by atoms with Crippen LogP contribution in [0.15, 0.2) is 42.6 Å². The largest absolute Gasteiger partial charge is 0.369 e. The molecule has 3 heterocycles. The molecule has 0 aliphatic carbocycles. The highest BCUT2D eigenvalue weighted by Crippen LogP contribution is 2.47. The predicted octanol–water partition coefficient (Wildman–Crippen LogP) is 3.74. The standard InChI is InChI=1S/C20H20ClN5OS/c1-22-20(27)12-6-7-13(14(21)11-12)18-16-17(15-5-3-4-8-23-15)25-26(2)19(16)24-9-10-28-18/h3-8,11,18,24H,9-10H2,1-2H3,(H,22,27). The lowest BCUT2D eigenvalue weighted by atomic mass is 10.0. The average molecular weight is 414 g/mol. The van der Waals surface area contributed by atoms with Gasteiger partial charge in [0.15, 0.2) is 0 Å². The van der Waals surface area contributed by atoms with Crippen molar-refractivity contribution >= 4 is 35.1 Å². The zero-order valence-corrected chi connectivity index (χ0v) is 17.1. The predicted molar refractivity (Wildman–Crippen MR) is 114 cm³/mol. The third-order valence-corrected chi connectivity index (χ3v) is 6.29. The van der Waals surface area contributed by atoms with Gasteiger partial charge in [-0.1, -0.05) is 23.7 Å². The van der Waals surface area contributed by atoms with E-state index >= 15 is 0 Å². The van der Waals surface area contributed by atoms with E-state index in [0.29, 0.717) is 10.6 Å². The minimum absolute atomic E-state index is 0.0121. The van der Waals surface area contributed by atoms with E-state index in [9.17, 15) is 4.79 Å². The lowest BCUT2D eigenvalue weighted by Gasteiger charge is -2.18. The Hall–Kier alpha value is -2.51.